The van der Waals surface area contributed by atoms with Gasteiger partial charge in [-0.25, -0.2) is 12.8 Å². The molecule has 0 saturated carbocycles. The summed E-state index contributed by atoms with van der Waals surface area (Å²) in [5.74, 6) is -1.28. The Hall–Kier alpha value is -2.98. The number of carbonyl (C=O) groups is 2. The quantitative estimate of drug-likeness (QED) is 0.668. The summed E-state index contributed by atoms with van der Waals surface area (Å²) in [6, 6.07) is 7.48. The van der Waals surface area contributed by atoms with Crippen LogP contribution in [0.15, 0.2) is 35.2 Å². The van der Waals surface area contributed by atoms with E-state index in [9.17, 15) is 22.4 Å². The lowest BCUT2D eigenvalue weighted by Crippen LogP contribution is -2.44. The number of sulfonamides is 1. The molecule has 0 aromatic heterocycles. The van der Waals surface area contributed by atoms with Gasteiger partial charge in [-0.3, -0.25) is 9.59 Å². The Balaban J connectivity index is 1.54. The van der Waals surface area contributed by atoms with E-state index in [1.165, 1.54) is 16.4 Å². The minimum atomic E-state index is -3.91. The second-order valence-electron chi connectivity index (χ2n) is 8.77. The first-order valence-electron chi connectivity index (χ1n) is 11.3. The highest BCUT2D eigenvalue weighted by Gasteiger charge is 2.36. The standard InChI is InChI=1S/C24H28FN3O5S/c1-4-20-24(30)27-19-10-15(3)22(12-21(19)33-20)34(31,32)28-9-5-6-16(13-28)23(29)26-17-8-7-14(2)18(25)11-17/h7-8,10-12,16,20H,4-6,9,13H2,1-3H3,(H,26,29)(H,27,30)/t16-,20-/m1/s1. The molecule has 10 heteroatoms. The van der Waals surface area contributed by atoms with Gasteiger partial charge in [0.15, 0.2) is 6.10 Å². The van der Waals surface area contributed by atoms with Crippen LogP contribution in [0.4, 0.5) is 15.8 Å². The van der Waals surface area contributed by atoms with Gasteiger partial charge in [0.1, 0.15) is 11.6 Å². The number of anilines is 2. The molecule has 0 radical (unpaired) electrons. The molecule has 2 atom stereocenters. The predicted molar refractivity (Wildman–Crippen MR) is 126 cm³/mol. The third kappa shape index (κ3) is 4.65. The van der Waals surface area contributed by atoms with Crippen molar-refractivity contribution in [3.63, 3.8) is 0 Å². The van der Waals surface area contributed by atoms with Crippen molar-refractivity contribution in [1.82, 2.24) is 4.31 Å². The Morgan fingerprint density at radius 1 is 1.24 bits per heavy atom. The zero-order valence-corrected chi connectivity index (χ0v) is 20.2. The molecule has 0 bridgehead atoms. The number of hydrogen-bond donors (Lipinski definition) is 2. The van der Waals surface area contributed by atoms with Gasteiger partial charge in [-0.2, -0.15) is 4.31 Å². The predicted octanol–water partition coefficient (Wildman–Crippen LogP) is 3.59. The molecule has 34 heavy (non-hydrogen) atoms. The van der Waals surface area contributed by atoms with Crippen LogP contribution < -0.4 is 15.4 Å². The zero-order chi connectivity index (χ0) is 24.6. The first-order chi connectivity index (χ1) is 16.1. The van der Waals surface area contributed by atoms with Crippen LogP contribution in [-0.2, 0) is 19.6 Å². The van der Waals surface area contributed by atoms with Gasteiger partial charge in [-0.15, -0.1) is 0 Å². The number of carbonyl (C=O) groups excluding carboxylic acids is 2. The molecule has 0 aliphatic carbocycles. The Labute approximate surface area is 198 Å². The smallest absolute Gasteiger partial charge is 0.265 e. The van der Waals surface area contributed by atoms with Gasteiger partial charge in [0.25, 0.3) is 5.91 Å². The molecule has 2 aliphatic rings. The van der Waals surface area contributed by atoms with Crippen molar-refractivity contribution in [3.8, 4) is 5.75 Å². The van der Waals surface area contributed by atoms with Crippen molar-refractivity contribution < 1.29 is 27.1 Å². The largest absolute Gasteiger partial charge is 0.478 e. The molecule has 1 saturated heterocycles. The number of hydrogen-bond acceptors (Lipinski definition) is 5. The average Bonchev–Trinajstić information content (AvgIpc) is 2.80. The number of halogens is 1. The minimum Gasteiger partial charge on any atom is -0.478 e. The highest BCUT2D eigenvalue weighted by atomic mass is 32.2. The molecule has 0 spiro atoms. The number of aryl methyl sites for hydroxylation is 2. The third-order valence-electron chi connectivity index (χ3n) is 6.28. The molecular weight excluding hydrogens is 461 g/mol. The number of piperidine rings is 1. The van der Waals surface area contributed by atoms with Gasteiger partial charge in [-0.1, -0.05) is 13.0 Å². The molecule has 8 nitrogen and oxygen atoms in total. The summed E-state index contributed by atoms with van der Waals surface area (Å²) in [6.45, 7) is 5.41. The maximum absolute atomic E-state index is 13.8. The molecule has 182 valence electrons. The summed E-state index contributed by atoms with van der Waals surface area (Å²) in [7, 11) is -3.91. The van der Waals surface area contributed by atoms with Crippen molar-refractivity contribution in [2.45, 2.75) is 51.0 Å². The lowest BCUT2D eigenvalue weighted by molar-refractivity contribution is -0.123. The second-order valence-corrected chi connectivity index (χ2v) is 10.7. The average molecular weight is 490 g/mol. The summed E-state index contributed by atoms with van der Waals surface area (Å²) < 4.78 is 47.9. The number of nitrogens with one attached hydrogen (secondary N) is 2. The van der Waals surface area contributed by atoms with E-state index in [2.05, 4.69) is 10.6 Å². The molecular formula is C24H28FN3O5S. The van der Waals surface area contributed by atoms with Crippen LogP contribution in [0.25, 0.3) is 0 Å². The molecule has 4 rings (SSSR count). The van der Waals surface area contributed by atoms with Gasteiger partial charge in [-0.05, 0) is 62.4 Å². The second kappa shape index (κ2) is 9.34. The monoisotopic (exact) mass is 489 g/mol. The van der Waals surface area contributed by atoms with Crippen LogP contribution >= 0.6 is 0 Å². The van der Waals surface area contributed by atoms with E-state index in [1.54, 1.807) is 32.0 Å². The fourth-order valence-corrected chi connectivity index (χ4v) is 6.01. The summed E-state index contributed by atoms with van der Waals surface area (Å²) in [4.78, 5) is 25.0. The van der Waals surface area contributed by atoms with Gasteiger partial charge >= 0.3 is 0 Å². The van der Waals surface area contributed by atoms with Gasteiger partial charge in [0, 0.05) is 24.8 Å². The van der Waals surface area contributed by atoms with Crippen LogP contribution in [0, 0.1) is 25.6 Å². The number of nitrogens with zero attached hydrogens (tertiary/aromatic N) is 1. The van der Waals surface area contributed by atoms with E-state index in [-0.39, 0.29) is 29.8 Å². The summed E-state index contributed by atoms with van der Waals surface area (Å²) in [6.07, 6.45) is 0.826. The summed E-state index contributed by atoms with van der Waals surface area (Å²) >= 11 is 0. The maximum atomic E-state index is 13.8. The lowest BCUT2D eigenvalue weighted by atomic mass is 9.98. The van der Waals surface area contributed by atoms with Crippen LogP contribution in [-0.4, -0.2) is 43.7 Å². The molecule has 2 aromatic rings. The molecule has 0 unspecified atom stereocenters. The van der Waals surface area contributed by atoms with Crippen LogP contribution in [0.5, 0.6) is 5.75 Å². The van der Waals surface area contributed by atoms with E-state index in [0.29, 0.717) is 47.5 Å². The van der Waals surface area contributed by atoms with Crippen molar-refractivity contribution in [3.05, 3.63) is 47.3 Å². The molecule has 2 heterocycles. The van der Waals surface area contributed by atoms with Crippen LogP contribution in [0.1, 0.15) is 37.3 Å². The number of ether oxygens (including phenoxy) is 1. The molecule has 2 aliphatic heterocycles. The summed E-state index contributed by atoms with van der Waals surface area (Å²) in [5.41, 5.74) is 1.72. The maximum Gasteiger partial charge on any atom is 0.265 e. The van der Waals surface area contributed by atoms with Gasteiger partial charge in [0.2, 0.25) is 15.9 Å². The Morgan fingerprint density at radius 2 is 2.00 bits per heavy atom. The Morgan fingerprint density at radius 3 is 2.71 bits per heavy atom. The van der Waals surface area contributed by atoms with Crippen molar-refractivity contribution in [1.29, 1.82) is 0 Å². The normalized spacial score (nSPS) is 20.8. The molecule has 2 N–H and O–H groups in total. The van der Waals surface area contributed by atoms with Crippen molar-refractivity contribution in [2.24, 2.45) is 5.92 Å². The third-order valence-corrected chi connectivity index (χ3v) is 8.29. The number of amides is 2. The first kappa shape index (κ1) is 24.2. The lowest BCUT2D eigenvalue weighted by Gasteiger charge is -2.32. The van der Waals surface area contributed by atoms with E-state index in [0.717, 1.165) is 0 Å². The Kier molecular flexibility index (Phi) is 6.64. The fraction of sp³-hybridized carbons (Fsp3) is 0.417. The number of benzene rings is 2. The van der Waals surface area contributed by atoms with Crippen LogP contribution in [0.3, 0.4) is 0 Å². The van der Waals surface area contributed by atoms with E-state index in [1.807, 2.05) is 6.92 Å². The molecule has 2 aromatic carbocycles. The zero-order valence-electron chi connectivity index (χ0n) is 19.4. The highest BCUT2D eigenvalue weighted by molar-refractivity contribution is 7.89. The fourth-order valence-electron chi connectivity index (χ4n) is 4.26. The number of fused-ring (bicyclic) bond motifs is 1. The first-order valence-corrected chi connectivity index (χ1v) is 12.7. The topological polar surface area (TPSA) is 105 Å². The number of rotatable bonds is 5. The van der Waals surface area contributed by atoms with Gasteiger partial charge in [0.05, 0.1) is 16.5 Å². The summed E-state index contributed by atoms with van der Waals surface area (Å²) in [5, 5.41) is 5.46. The Bertz CT molecular complexity index is 1250. The van der Waals surface area contributed by atoms with Crippen LogP contribution in [0.2, 0.25) is 0 Å². The SMILES string of the molecule is CC[C@H]1Oc2cc(S(=O)(=O)N3CCC[C@@H](C(=O)Nc4ccc(C)c(F)c4)C3)c(C)cc2NC1=O. The van der Waals surface area contributed by atoms with Crippen molar-refractivity contribution in [2.75, 3.05) is 23.7 Å². The van der Waals surface area contributed by atoms with Crippen molar-refractivity contribution >= 4 is 33.2 Å². The van der Waals surface area contributed by atoms with E-state index < -0.39 is 27.9 Å². The van der Waals surface area contributed by atoms with E-state index >= 15 is 0 Å². The highest BCUT2D eigenvalue weighted by Crippen LogP contribution is 2.36. The van der Waals surface area contributed by atoms with E-state index in [4.69, 9.17) is 4.74 Å². The minimum absolute atomic E-state index is 0.0220. The van der Waals surface area contributed by atoms with Gasteiger partial charge < -0.3 is 15.4 Å². The molecule has 1 fully saturated rings. The molecule has 2 amide bonds.